The number of ketones is 1. The maximum absolute atomic E-state index is 11.7. The van der Waals surface area contributed by atoms with Crippen molar-refractivity contribution in [3.63, 3.8) is 0 Å². The van der Waals surface area contributed by atoms with Crippen molar-refractivity contribution in [1.29, 1.82) is 0 Å². The van der Waals surface area contributed by atoms with E-state index in [9.17, 15) is 14.7 Å². The van der Waals surface area contributed by atoms with Crippen LogP contribution >= 0.6 is 0 Å². The first-order chi connectivity index (χ1) is 8.93. The van der Waals surface area contributed by atoms with Crippen LogP contribution in [0.2, 0.25) is 0 Å². The van der Waals surface area contributed by atoms with E-state index in [0.29, 0.717) is 0 Å². The summed E-state index contributed by atoms with van der Waals surface area (Å²) in [6.45, 7) is 0.956. The normalized spacial score (nSPS) is 26.6. The summed E-state index contributed by atoms with van der Waals surface area (Å²) in [5.74, 6) is -0.456. The van der Waals surface area contributed by atoms with Gasteiger partial charge in [0, 0.05) is 12.6 Å². The van der Waals surface area contributed by atoms with Gasteiger partial charge in [-0.15, -0.1) is 0 Å². The molecule has 1 aliphatic heterocycles. The van der Waals surface area contributed by atoms with Crippen LogP contribution in [0.4, 0.5) is 5.82 Å². The molecule has 8 nitrogen and oxygen atoms in total. The Hall–Kier alpha value is -1.77. The van der Waals surface area contributed by atoms with Crippen molar-refractivity contribution in [3.8, 4) is 0 Å². The topological polar surface area (TPSA) is 128 Å². The third kappa shape index (κ3) is 2.50. The number of carbonyl (C=O) groups is 1. The Balaban J connectivity index is 2.38. The summed E-state index contributed by atoms with van der Waals surface area (Å²) in [7, 11) is 0. The number of aromatic nitrogens is 2. The number of Topliss-reactive ketones (excluding diaryl/α,β-unsaturated/α-hetero) is 1. The molecule has 3 atom stereocenters. The highest BCUT2D eigenvalue weighted by Gasteiger charge is 2.35. The molecule has 0 aromatic carbocycles. The standard InChI is InChI=1S/C11H15N3O5/c1-5(16)6-3-14(11(18)13-10(6)12)9-2-7(17)8(4-15)19-9/h3,7-9,15,17H,2,4H2,1H3,(H2,12,13,18)/t7-,8+,9+/m0/s1. The maximum Gasteiger partial charge on any atom is 0.351 e. The Morgan fingerprint density at radius 3 is 2.89 bits per heavy atom. The van der Waals surface area contributed by atoms with E-state index in [2.05, 4.69) is 4.98 Å². The third-order valence-electron chi connectivity index (χ3n) is 3.05. The summed E-state index contributed by atoms with van der Waals surface area (Å²) >= 11 is 0. The molecular formula is C11H15N3O5. The quantitative estimate of drug-likeness (QED) is 0.580. The number of carbonyl (C=O) groups excluding carboxylic acids is 1. The molecular weight excluding hydrogens is 254 g/mol. The molecule has 0 unspecified atom stereocenters. The molecule has 4 N–H and O–H groups in total. The monoisotopic (exact) mass is 269 g/mol. The molecule has 0 spiro atoms. The highest BCUT2D eigenvalue weighted by atomic mass is 16.5. The number of anilines is 1. The van der Waals surface area contributed by atoms with E-state index < -0.39 is 24.1 Å². The van der Waals surface area contributed by atoms with Gasteiger partial charge in [0.15, 0.2) is 5.78 Å². The van der Waals surface area contributed by atoms with E-state index in [-0.39, 0.29) is 30.2 Å². The third-order valence-corrected chi connectivity index (χ3v) is 3.05. The average molecular weight is 269 g/mol. The van der Waals surface area contributed by atoms with E-state index in [4.69, 9.17) is 15.6 Å². The van der Waals surface area contributed by atoms with E-state index in [1.807, 2.05) is 0 Å². The molecule has 0 aliphatic carbocycles. The Morgan fingerprint density at radius 1 is 1.68 bits per heavy atom. The molecule has 0 amide bonds. The van der Waals surface area contributed by atoms with Crippen molar-refractivity contribution >= 4 is 11.6 Å². The van der Waals surface area contributed by atoms with Crippen LogP contribution in [0.5, 0.6) is 0 Å². The molecule has 2 heterocycles. The van der Waals surface area contributed by atoms with Gasteiger partial charge in [-0.2, -0.15) is 4.98 Å². The number of ether oxygens (including phenoxy) is 1. The lowest BCUT2D eigenvalue weighted by molar-refractivity contribution is -0.0459. The van der Waals surface area contributed by atoms with Gasteiger partial charge in [0.1, 0.15) is 18.1 Å². The van der Waals surface area contributed by atoms with Gasteiger partial charge in [-0.25, -0.2) is 4.79 Å². The van der Waals surface area contributed by atoms with Crippen molar-refractivity contribution in [1.82, 2.24) is 9.55 Å². The zero-order valence-electron chi connectivity index (χ0n) is 10.3. The van der Waals surface area contributed by atoms with Crippen molar-refractivity contribution in [2.75, 3.05) is 12.3 Å². The Kier molecular flexibility index (Phi) is 3.65. The smallest absolute Gasteiger partial charge is 0.351 e. The van der Waals surface area contributed by atoms with Crippen LogP contribution in [0, 0.1) is 0 Å². The minimum absolute atomic E-state index is 0.116. The number of nitrogens with zero attached hydrogens (tertiary/aromatic N) is 2. The number of nitrogen functional groups attached to an aromatic ring is 1. The second-order valence-corrected chi connectivity index (χ2v) is 4.40. The molecule has 0 bridgehead atoms. The van der Waals surface area contributed by atoms with Crippen molar-refractivity contribution in [2.24, 2.45) is 0 Å². The summed E-state index contributed by atoms with van der Waals surface area (Å²) in [6.07, 6.45) is -1.00. The first-order valence-corrected chi connectivity index (χ1v) is 5.78. The van der Waals surface area contributed by atoms with Crippen molar-refractivity contribution < 1.29 is 19.7 Å². The summed E-state index contributed by atoms with van der Waals surface area (Å²) in [5, 5.41) is 18.6. The number of hydrogen-bond donors (Lipinski definition) is 3. The molecule has 0 saturated carbocycles. The molecule has 1 aliphatic rings. The lowest BCUT2D eigenvalue weighted by Crippen LogP contribution is -2.29. The van der Waals surface area contributed by atoms with Crippen molar-refractivity contribution in [2.45, 2.75) is 31.8 Å². The molecule has 2 rings (SSSR count). The lowest BCUT2D eigenvalue weighted by Gasteiger charge is -2.15. The highest BCUT2D eigenvalue weighted by molar-refractivity contribution is 5.97. The molecule has 1 fully saturated rings. The van der Waals surface area contributed by atoms with Gasteiger partial charge in [-0.1, -0.05) is 0 Å². The predicted octanol–water partition coefficient (Wildman–Crippen LogP) is -1.33. The molecule has 1 aromatic heterocycles. The van der Waals surface area contributed by atoms with Gasteiger partial charge in [0.2, 0.25) is 0 Å². The largest absolute Gasteiger partial charge is 0.394 e. The van der Waals surface area contributed by atoms with Crippen LogP contribution in [0.15, 0.2) is 11.0 Å². The number of rotatable bonds is 3. The molecule has 104 valence electrons. The number of aliphatic hydroxyl groups is 2. The zero-order valence-corrected chi connectivity index (χ0v) is 10.3. The van der Waals surface area contributed by atoms with Crippen LogP contribution < -0.4 is 11.4 Å². The minimum atomic E-state index is -0.875. The first-order valence-electron chi connectivity index (χ1n) is 5.78. The molecule has 1 aromatic rings. The fraction of sp³-hybridized carbons (Fsp3) is 0.545. The average Bonchev–Trinajstić information content (AvgIpc) is 2.69. The second kappa shape index (κ2) is 5.08. The van der Waals surface area contributed by atoms with E-state index in [1.165, 1.54) is 13.1 Å². The lowest BCUT2D eigenvalue weighted by atomic mass is 10.2. The molecule has 0 radical (unpaired) electrons. The minimum Gasteiger partial charge on any atom is -0.394 e. The Bertz CT molecular complexity index is 556. The fourth-order valence-electron chi connectivity index (χ4n) is 2.01. The molecule has 8 heteroatoms. The second-order valence-electron chi connectivity index (χ2n) is 4.40. The summed E-state index contributed by atoms with van der Waals surface area (Å²) in [6, 6.07) is 0. The first kappa shape index (κ1) is 13.7. The van der Waals surface area contributed by atoms with Crippen LogP contribution in [-0.4, -0.2) is 44.4 Å². The van der Waals surface area contributed by atoms with Crippen LogP contribution in [0.1, 0.15) is 29.9 Å². The van der Waals surface area contributed by atoms with Crippen LogP contribution in [-0.2, 0) is 4.74 Å². The van der Waals surface area contributed by atoms with Gasteiger partial charge < -0.3 is 20.7 Å². The number of nitrogens with two attached hydrogens (primary N) is 1. The predicted molar refractivity (Wildman–Crippen MR) is 64.5 cm³/mol. The van der Waals surface area contributed by atoms with Gasteiger partial charge in [0.05, 0.1) is 18.3 Å². The van der Waals surface area contributed by atoms with Gasteiger partial charge in [0.25, 0.3) is 0 Å². The number of aliphatic hydroxyl groups excluding tert-OH is 2. The van der Waals surface area contributed by atoms with E-state index in [1.54, 1.807) is 0 Å². The maximum atomic E-state index is 11.7. The highest BCUT2D eigenvalue weighted by Crippen LogP contribution is 2.27. The van der Waals surface area contributed by atoms with Gasteiger partial charge in [-0.05, 0) is 6.92 Å². The van der Waals surface area contributed by atoms with E-state index in [0.717, 1.165) is 4.57 Å². The molecule has 19 heavy (non-hydrogen) atoms. The Labute approximate surface area is 108 Å². The number of hydrogen-bond acceptors (Lipinski definition) is 7. The SMILES string of the molecule is CC(=O)c1cn([C@H]2C[C@H](O)[C@@H](CO)O2)c(=O)nc1N. The van der Waals surface area contributed by atoms with Gasteiger partial charge >= 0.3 is 5.69 Å². The molecule has 1 saturated heterocycles. The fourth-order valence-corrected chi connectivity index (χ4v) is 2.01. The summed E-state index contributed by atoms with van der Waals surface area (Å²) in [4.78, 5) is 26.7. The Morgan fingerprint density at radius 2 is 2.37 bits per heavy atom. The zero-order chi connectivity index (χ0) is 14.2. The van der Waals surface area contributed by atoms with Crippen LogP contribution in [0.25, 0.3) is 0 Å². The summed E-state index contributed by atoms with van der Waals surface area (Å²) in [5.41, 5.74) is 4.94. The van der Waals surface area contributed by atoms with Crippen LogP contribution in [0.3, 0.4) is 0 Å². The summed E-state index contributed by atoms with van der Waals surface area (Å²) < 4.78 is 6.44. The van der Waals surface area contributed by atoms with Gasteiger partial charge in [-0.3, -0.25) is 9.36 Å². The van der Waals surface area contributed by atoms with E-state index >= 15 is 0 Å². The van der Waals surface area contributed by atoms with Crippen molar-refractivity contribution in [3.05, 3.63) is 22.2 Å².